The summed E-state index contributed by atoms with van der Waals surface area (Å²) in [6, 6.07) is 7.17. The van der Waals surface area contributed by atoms with Crippen LogP contribution >= 0.6 is 0 Å². The summed E-state index contributed by atoms with van der Waals surface area (Å²) >= 11 is 0. The summed E-state index contributed by atoms with van der Waals surface area (Å²) in [5.74, 6) is 0. The molecule has 0 saturated heterocycles. The second-order valence-electron chi connectivity index (χ2n) is 3.08. The number of hydrogen-bond acceptors (Lipinski definition) is 3. The molecular formula is C11H15N3O. The molecule has 4 nitrogen and oxygen atoms in total. The first-order valence-electron chi connectivity index (χ1n) is 4.61. The van der Waals surface area contributed by atoms with E-state index < -0.39 is 6.23 Å². The van der Waals surface area contributed by atoms with Gasteiger partial charge in [0.05, 0.1) is 6.34 Å². The van der Waals surface area contributed by atoms with Crippen molar-refractivity contribution in [3.63, 3.8) is 0 Å². The highest BCUT2D eigenvalue weighted by Gasteiger charge is 2.08. The molecule has 80 valence electrons. The van der Waals surface area contributed by atoms with Gasteiger partial charge in [0.2, 0.25) is 0 Å². The van der Waals surface area contributed by atoms with Gasteiger partial charge in [0.15, 0.2) is 0 Å². The van der Waals surface area contributed by atoms with Crippen LogP contribution in [0, 0.1) is 0 Å². The predicted molar refractivity (Wildman–Crippen MR) is 63.7 cm³/mol. The van der Waals surface area contributed by atoms with E-state index in [1.807, 2.05) is 12.1 Å². The number of nitrogens with two attached hydrogens (primary N) is 1. The van der Waals surface area contributed by atoms with Crippen LogP contribution in [-0.2, 0) is 0 Å². The molecule has 1 rings (SSSR count). The van der Waals surface area contributed by atoms with Crippen molar-refractivity contribution >= 4 is 17.7 Å². The van der Waals surface area contributed by atoms with E-state index in [0.29, 0.717) is 5.69 Å². The third kappa shape index (κ3) is 3.11. The van der Waals surface area contributed by atoms with Crippen molar-refractivity contribution in [2.75, 3.05) is 10.6 Å². The molecule has 0 aromatic heterocycles. The molecule has 4 heteroatoms. The molecule has 0 radical (unpaired) electrons. The van der Waals surface area contributed by atoms with Crippen LogP contribution in [0.3, 0.4) is 0 Å². The molecule has 0 aliphatic rings. The third-order valence-corrected chi connectivity index (χ3v) is 1.89. The first-order chi connectivity index (χ1) is 7.15. The lowest BCUT2D eigenvalue weighted by molar-refractivity contribution is 0.205. The molecule has 0 aliphatic carbocycles. The van der Waals surface area contributed by atoms with E-state index in [2.05, 4.69) is 11.6 Å². The van der Waals surface area contributed by atoms with Crippen molar-refractivity contribution < 1.29 is 5.11 Å². The van der Waals surface area contributed by atoms with Crippen molar-refractivity contribution in [1.82, 2.24) is 0 Å². The molecule has 0 bridgehead atoms. The lowest BCUT2D eigenvalue weighted by Crippen LogP contribution is -2.31. The van der Waals surface area contributed by atoms with Gasteiger partial charge in [-0.2, -0.15) is 0 Å². The summed E-state index contributed by atoms with van der Waals surface area (Å²) in [6.07, 6.45) is 2.27. The van der Waals surface area contributed by atoms with Gasteiger partial charge in [-0.25, -0.2) is 4.99 Å². The summed E-state index contributed by atoms with van der Waals surface area (Å²) in [4.78, 5) is 5.48. The van der Waals surface area contributed by atoms with Crippen molar-refractivity contribution in [3.8, 4) is 0 Å². The van der Waals surface area contributed by atoms with E-state index in [1.165, 1.54) is 12.5 Å². The molecule has 1 aromatic rings. The quantitative estimate of drug-likeness (QED) is 0.339. The molecule has 0 saturated carbocycles. The van der Waals surface area contributed by atoms with Crippen molar-refractivity contribution in [2.45, 2.75) is 13.2 Å². The topological polar surface area (TPSA) is 61.8 Å². The van der Waals surface area contributed by atoms with Crippen LogP contribution in [0.5, 0.6) is 0 Å². The van der Waals surface area contributed by atoms with E-state index in [-0.39, 0.29) is 0 Å². The number of aliphatic imine (C=N–C) groups is 1. The fourth-order valence-corrected chi connectivity index (χ4v) is 1.14. The third-order valence-electron chi connectivity index (χ3n) is 1.89. The van der Waals surface area contributed by atoms with Gasteiger partial charge in [-0.05, 0) is 31.2 Å². The summed E-state index contributed by atoms with van der Waals surface area (Å²) in [5.41, 5.74) is 7.08. The van der Waals surface area contributed by atoms with Gasteiger partial charge in [-0.1, -0.05) is 6.58 Å². The molecule has 0 heterocycles. The summed E-state index contributed by atoms with van der Waals surface area (Å²) < 4.78 is 0. The Labute approximate surface area is 89.4 Å². The lowest BCUT2D eigenvalue weighted by atomic mass is 10.2. The first-order valence-corrected chi connectivity index (χ1v) is 4.61. The Morgan fingerprint density at radius 2 is 2.07 bits per heavy atom. The number of rotatable bonds is 4. The van der Waals surface area contributed by atoms with Gasteiger partial charge < -0.3 is 15.7 Å². The molecule has 0 spiro atoms. The van der Waals surface area contributed by atoms with E-state index in [9.17, 15) is 5.11 Å². The van der Waals surface area contributed by atoms with Crippen LogP contribution in [0.15, 0.2) is 42.0 Å². The molecular weight excluding hydrogens is 190 g/mol. The summed E-state index contributed by atoms with van der Waals surface area (Å²) in [5, 5.41) is 9.53. The van der Waals surface area contributed by atoms with Crippen LogP contribution in [-0.4, -0.2) is 17.7 Å². The van der Waals surface area contributed by atoms with Gasteiger partial charge in [0.1, 0.15) is 6.23 Å². The standard InChI is InChI=1S/C11H15N3O/c1-3-13-8-14(9(2)15)11-6-4-10(12)5-7-11/h3-9,15H,1,12H2,2H3. The van der Waals surface area contributed by atoms with Crippen LogP contribution < -0.4 is 10.6 Å². The Bertz CT molecular complexity index is 343. The summed E-state index contributed by atoms with van der Waals surface area (Å²) in [6.45, 7) is 5.13. The monoisotopic (exact) mass is 205 g/mol. The largest absolute Gasteiger partial charge is 0.399 e. The average Bonchev–Trinajstić information content (AvgIpc) is 2.21. The second-order valence-corrected chi connectivity index (χ2v) is 3.08. The first kappa shape index (κ1) is 11.3. The van der Waals surface area contributed by atoms with Crippen LogP contribution in [0.25, 0.3) is 0 Å². The highest BCUT2D eigenvalue weighted by Crippen LogP contribution is 2.16. The number of aliphatic hydroxyl groups excluding tert-OH is 1. The molecule has 0 fully saturated rings. The molecule has 3 N–H and O–H groups in total. The fourth-order valence-electron chi connectivity index (χ4n) is 1.14. The van der Waals surface area contributed by atoms with Gasteiger partial charge in [0, 0.05) is 17.6 Å². The van der Waals surface area contributed by atoms with Crippen LogP contribution in [0.2, 0.25) is 0 Å². The average molecular weight is 205 g/mol. The summed E-state index contributed by atoms with van der Waals surface area (Å²) in [7, 11) is 0. The van der Waals surface area contributed by atoms with Gasteiger partial charge in [0.25, 0.3) is 0 Å². The maximum absolute atomic E-state index is 9.53. The minimum atomic E-state index is -0.655. The molecule has 0 aliphatic heterocycles. The SMILES string of the molecule is C=CN=CN(c1ccc(N)cc1)C(C)O. The van der Waals surface area contributed by atoms with E-state index in [4.69, 9.17) is 5.73 Å². The maximum atomic E-state index is 9.53. The van der Waals surface area contributed by atoms with Crippen molar-refractivity contribution in [2.24, 2.45) is 4.99 Å². The van der Waals surface area contributed by atoms with Gasteiger partial charge >= 0.3 is 0 Å². The zero-order valence-electron chi connectivity index (χ0n) is 8.67. The highest BCUT2D eigenvalue weighted by molar-refractivity contribution is 5.80. The Morgan fingerprint density at radius 3 is 2.53 bits per heavy atom. The molecule has 1 unspecified atom stereocenters. The molecule has 0 amide bonds. The van der Waals surface area contributed by atoms with Crippen molar-refractivity contribution in [1.29, 1.82) is 0 Å². The van der Waals surface area contributed by atoms with Crippen LogP contribution in [0.1, 0.15) is 6.92 Å². The normalized spacial score (nSPS) is 12.7. The fraction of sp³-hybridized carbons (Fsp3) is 0.182. The lowest BCUT2D eigenvalue weighted by Gasteiger charge is -2.22. The molecule has 1 aromatic carbocycles. The maximum Gasteiger partial charge on any atom is 0.129 e. The van der Waals surface area contributed by atoms with E-state index >= 15 is 0 Å². The zero-order valence-corrected chi connectivity index (χ0v) is 8.67. The van der Waals surface area contributed by atoms with E-state index in [1.54, 1.807) is 24.0 Å². The number of hydrogen-bond donors (Lipinski definition) is 2. The Hall–Kier alpha value is -1.81. The number of aliphatic hydroxyl groups is 1. The predicted octanol–water partition coefficient (Wildman–Crippen LogP) is 1.59. The number of nitrogens with zero attached hydrogens (tertiary/aromatic N) is 2. The Balaban J connectivity index is 2.93. The van der Waals surface area contributed by atoms with E-state index in [0.717, 1.165) is 5.69 Å². The minimum Gasteiger partial charge on any atom is -0.399 e. The Kier molecular flexibility index (Phi) is 3.88. The van der Waals surface area contributed by atoms with Gasteiger partial charge in [-0.3, -0.25) is 0 Å². The smallest absolute Gasteiger partial charge is 0.129 e. The highest BCUT2D eigenvalue weighted by atomic mass is 16.3. The van der Waals surface area contributed by atoms with Crippen LogP contribution in [0.4, 0.5) is 11.4 Å². The zero-order chi connectivity index (χ0) is 11.3. The number of nitrogen functional groups attached to an aromatic ring is 1. The Morgan fingerprint density at radius 1 is 1.47 bits per heavy atom. The van der Waals surface area contributed by atoms with Gasteiger partial charge in [-0.15, -0.1) is 0 Å². The van der Waals surface area contributed by atoms with Crippen molar-refractivity contribution in [3.05, 3.63) is 37.0 Å². The number of anilines is 2. The molecule has 1 atom stereocenters. The molecule has 15 heavy (non-hydrogen) atoms. The second kappa shape index (κ2) is 5.17. The number of benzene rings is 1. The minimum absolute atomic E-state index is 0.655.